The van der Waals surface area contributed by atoms with Crippen LogP contribution in [0.2, 0.25) is 0 Å². The highest BCUT2D eigenvalue weighted by atomic mass is 16.3. The molecular weight excluding hydrogens is 214 g/mol. The molecule has 0 spiro atoms. The summed E-state index contributed by atoms with van der Waals surface area (Å²) in [5.74, 6) is 0.921. The number of aromatic nitrogens is 1. The van der Waals surface area contributed by atoms with Crippen LogP contribution in [0.4, 0.5) is 0 Å². The maximum absolute atomic E-state index is 11.0. The standard InChI is InChI=1S/C14H17NO2/c1-3-11(2)15-12(6-7-13(15)10-16)9-14-5-4-8-17-14/h4-8,10-11H,3,9H2,1-2H3/t11-/m1/s1. The van der Waals surface area contributed by atoms with Gasteiger partial charge in [-0.1, -0.05) is 6.92 Å². The van der Waals surface area contributed by atoms with Gasteiger partial charge in [-0.3, -0.25) is 4.79 Å². The fourth-order valence-electron chi connectivity index (χ4n) is 2.06. The molecule has 0 unspecified atom stereocenters. The van der Waals surface area contributed by atoms with Gasteiger partial charge in [-0.05, 0) is 37.6 Å². The van der Waals surface area contributed by atoms with Crippen LogP contribution in [-0.2, 0) is 6.42 Å². The van der Waals surface area contributed by atoms with Crippen molar-refractivity contribution in [3.63, 3.8) is 0 Å². The fourth-order valence-corrected chi connectivity index (χ4v) is 2.06. The van der Waals surface area contributed by atoms with Gasteiger partial charge in [0.1, 0.15) is 5.76 Å². The quantitative estimate of drug-likeness (QED) is 0.739. The molecule has 0 amide bonds. The minimum Gasteiger partial charge on any atom is -0.469 e. The first-order valence-electron chi connectivity index (χ1n) is 5.94. The summed E-state index contributed by atoms with van der Waals surface area (Å²) in [6, 6.07) is 8.03. The Hall–Kier alpha value is -1.77. The van der Waals surface area contributed by atoms with Crippen LogP contribution >= 0.6 is 0 Å². The van der Waals surface area contributed by atoms with E-state index in [1.54, 1.807) is 6.26 Å². The topological polar surface area (TPSA) is 35.1 Å². The number of carbonyl (C=O) groups excluding carboxylic acids is 1. The van der Waals surface area contributed by atoms with Crippen LogP contribution < -0.4 is 0 Å². The highest BCUT2D eigenvalue weighted by molar-refractivity contribution is 5.73. The molecule has 0 aliphatic rings. The van der Waals surface area contributed by atoms with Gasteiger partial charge in [-0.15, -0.1) is 0 Å². The largest absolute Gasteiger partial charge is 0.469 e. The van der Waals surface area contributed by atoms with Crippen molar-refractivity contribution < 1.29 is 9.21 Å². The molecule has 3 nitrogen and oxygen atoms in total. The SMILES string of the molecule is CC[C@@H](C)n1c(C=O)ccc1Cc1ccco1. The minimum atomic E-state index is 0.329. The normalized spacial score (nSPS) is 12.6. The second-order valence-corrected chi connectivity index (χ2v) is 4.25. The van der Waals surface area contributed by atoms with Crippen molar-refractivity contribution in [1.29, 1.82) is 0 Å². The summed E-state index contributed by atoms with van der Waals surface area (Å²) in [7, 11) is 0. The van der Waals surface area contributed by atoms with E-state index in [1.807, 2.05) is 24.3 Å². The molecule has 0 saturated carbocycles. The van der Waals surface area contributed by atoms with Crippen LogP contribution in [-0.4, -0.2) is 10.9 Å². The van der Waals surface area contributed by atoms with E-state index >= 15 is 0 Å². The number of nitrogens with zero attached hydrogens (tertiary/aromatic N) is 1. The lowest BCUT2D eigenvalue weighted by atomic mass is 10.2. The van der Waals surface area contributed by atoms with Gasteiger partial charge in [-0.25, -0.2) is 0 Å². The predicted octanol–water partition coefficient (Wildman–Crippen LogP) is 3.46. The number of furan rings is 1. The van der Waals surface area contributed by atoms with Crippen molar-refractivity contribution in [3.05, 3.63) is 47.7 Å². The second kappa shape index (κ2) is 5.04. The first-order chi connectivity index (χ1) is 8.26. The zero-order valence-corrected chi connectivity index (χ0v) is 10.2. The molecule has 0 bridgehead atoms. The van der Waals surface area contributed by atoms with E-state index in [1.165, 1.54) is 0 Å². The molecule has 0 fully saturated rings. The lowest BCUT2D eigenvalue weighted by molar-refractivity contribution is 0.111. The van der Waals surface area contributed by atoms with Gasteiger partial charge in [0.25, 0.3) is 0 Å². The summed E-state index contributed by atoms with van der Waals surface area (Å²) in [6.07, 6.45) is 4.32. The van der Waals surface area contributed by atoms with Crippen molar-refractivity contribution in [2.24, 2.45) is 0 Å². The van der Waals surface area contributed by atoms with E-state index in [0.717, 1.165) is 36.3 Å². The monoisotopic (exact) mass is 231 g/mol. The highest BCUT2D eigenvalue weighted by Crippen LogP contribution is 2.20. The summed E-state index contributed by atoms with van der Waals surface area (Å²) in [4.78, 5) is 11.0. The van der Waals surface area contributed by atoms with Crippen LogP contribution in [0.3, 0.4) is 0 Å². The van der Waals surface area contributed by atoms with Gasteiger partial charge in [0.2, 0.25) is 0 Å². The molecule has 3 heteroatoms. The average Bonchev–Trinajstić information content (AvgIpc) is 2.98. The van der Waals surface area contributed by atoms with Crippen LogP contribution in [0.15, 0.2) is 34.9 Å². The molecule has 2 rings (SSSR count). The van der Waals surface area contributed by atoms with Gasteiger partial charge < -0.3 is 8.98 Å². The van der Waals surface area contributed by atoms with Crippen molar-refractivity contribution in [2.75, 3.05) is 0 Å². The van der Waals surface area contributed by atoms with E-state index in [0.29, 0.717) is 6.04 Å². The Morgan fingerprint density at radius 1 is 1.41 bits per heavy atom. The number of aldehydes is 1. The van der Waals surface area contributed by atoms with E-state index in [-0.39, 0.29) is 0 Å². The molecule has 2 aromatic heterocycles. The van der Waals surface area contributed by atoms with E-state index in [2.05, 4.69) is 18.4 Å². The second-order valence-electron chi connectivity index (χ2n) is 4.25. The van der Waals surface area contributed by atoms with Crippen LogP contribution in [0.1, 0.15) is 48.3 Å². The Kier molecular flexibility index (Phi) is 3.47. The smallest absolute Gasteiger partial charge is 0.166 e. The Labute approximate surface area is 101 Å². The van der Waals surface area contributed by atoms with Gasteiger partial charge in [0.05, 0.1) is 12.0 Å². The third-order valence-electron chi connectivity index (χ3n) is 3.12. The van der Waals surface area contributed by atoms with E-state index in [4.69, 9.17) is 4.42 Å². The molecular formula is C14H17NO2. The number of hydrogen-bond acceptors (Lipinski definition) is 2. The molecule has 2 aromatic rings. The molecule has 0 N–H and O–H groups in total. The Morgan fingerprint density at radius 2 is 2.24 bits per heavy atom. The van der Waals surface area contributed by atoms with Crippen molar-refractivity contribution in [2.45, 2.75) is 32.7 Å². The molecule has 0 saturated heterocycles. The van der Waals surface area contributed by atoms with Gasteiger partial charge >= 0.3 is 0 Å². The Bertz CT molecular complexity index is 482. The maximum atomic E-state index is 11.0. The lowest BCUT2D eigenvalue weighted by Gasteiger charge is -2.17. The van der Waals surface area contributed by atoms with Crippen LogP contribution in [0, 0.1) is 0 Å². The number of carbonyl (C=O) groups is 1. The zero-order chi connectivity index (χ0) is 12.3. The lowest BCUT2D eigenvalue weighted by Crippen LogP contribution is -2.11. The molecule has 0 aliphatic carbocycles. The van der Waals surface area contributed by atoms with Gasteiger partial charge in [-0.2, -0.15) is 0 Å². The van der Waals surface area contributed by atoms with Crippen LogP contribution in [0.25, 0.3) is 0 Å². The molecule has 0 radical (unpaired) electrons. The van der Waals surface area contributed by atoms with Crippen molar-refractivity contribution >= 4 is 6.29 Å². The summed E-state index contributed by atoms with van der Waals surface area (Å²) < 4.78 is 7.44. The third-order valence-corrected chi connectivity index (χ3v) is 3.12. The summed E-state index contributed by atoms with van der Waals surface area (Å²) in [5, 5.41) is 0. The Balaban J connectivity index is 2.33. The molecule has 1 atom stereocenters. The van der Waals surface area contributed by atoms with Gasteiger partial charge in [0.15, 0.2) is 6.29 Å². The highest BCUT2D eigenvalue weighted by Gasteiger charge is 2.13. The minimum absolute atomic E-state index is 0.329. The van der Waals surface area contributed by atoms with Gasteiger partial charge in [0, 0.05) is 18.2 Å². The summed E-state index contributed by atoms with van der Waals surface area (Å²) >= 11 is 0. The first-order valence-corrected chi connectivity index (χ1v) is 5.94. The van der Waals surface area contributed by atoms with Crippen LogP contribution in [0.5, 0.6) is 0 Å². The first kappa shape index (κ1) is 11.7. The molecule has 0 aliphatic heterocycles. The molecule has 2 heterocycles. The van der Waals surface area contributed by atoms with E-state index < -0.39 is 0 Å². The summed E-state index contributed by atoms with van der Waals surface area (Å²) in [6.45, 7) is 4.24. The van der Waals surface area contributed by atoms with E-state index in [9.17, 15) is 4.79 Å². The Morgan fingerprint density at radius 3 is 2.82 bits per heavy atom. The fraction of sp³-hybridized carbons (Fsp3) is 0.357. The molecule has 90 valence electrons. The predicted molar refractivity (Wildman–Crippen MR) is 66.3 cm³/mol. The number of rotatable bonds is 5. The molecule has 0 aromatic carbocycles. The third kappa shape index (κ3) is 2.33. The number of hydrogen-bond donors (Lipinski definition) is 0. The summed E-state index contributed by atoms with van der Waals surface area (Å²) in [5.41, 5.74) is 1.86. The average molecular weight is 231 g/mol. The maximum Gasteiger partial charge on any atom is 0.166 e. The molecule has 17 heavy (non-hydrogen) atoms. The van der Waals surface area contributed by atoms with Crippen molar-refractivity contribution in [1.82, 2.24) is 4.57 Å². The zero-order valence-electron chi connectivity index (χ0n) is 10.2. The van der Waals surface area contributed by atoms with Crippen molar-refractivity contribution in [3.8, 4) is 0 Å².